The fourth-order valence-electron chi connectivity index (χ4n) is 4.96. The van der Waals surface area contributed by atoms with Crippen molar-refractivity contribution >= 4 is 11.5 Å². The number of aromatic nitrogens is 2. The van der Waals surface area contributed by atoms with Gasteiger partial charge in [-0.3, -0.25) is 0 Å². The van der Waals surface area contributed by atoms with Gasteiger partial charge in [0.15, 0.2) is 12.0 Å². The third kappa shape index (κ3) is 3.57. The number of hydrogen-bond acceptors (Lipinski definition) is 3. The molecule has 174 valence electrons. The fourth-order valence-corrected chi connectivity index (χ4v) is 4.96. The monoisotopic (exact) mass is 466 g/mol. The Morgan fingerprint density at radius 3 is 2.17 bits per heavy atom. The Morgan fingerprint density at radius 2 is 1.57 bits per heavy atom. The SMILES string of the molecule is Cc1cc(-n2nc3c(c2N=C(c2ccccc2)c2ccccc2)[C@H]2CC=C(N2)[C@@H]3F)cc(C)c1F. The lowest BCUT2D eigenvalue weighted by Gasteiger charge is -2.22. The summed E-state index contributed by atoms with van der Waals surface area (Å²) in [7, 11) is 0. The van der Waals surface area contributed by atoms with E-state index >= 15 is 4.39 Å². The molecule has 2 aliphatic rings. The number of alkyl halides is 1. The van der Waals surface area contributed by atoms with Gasteiger partial charge in [-0.15, -0.1) is 0 Å². The highest BCUT2D eigenvalue weighted by Crippen LogP contribution is 2.47. The van der Waals surface area contributed by atoms with Gasteiger partial charge in [0.2, 0.25) is 0 Å². The number of benzene rings is 3. The number of halogens is 2. The summed E-state index contributed by atoms with van der Waals surface area (Å²) in [5.41, 5.74) is 6.00. The zero-order valence-corrected chi connectivity index (χ0v) is 19.5. The van der Waals surface area contributed by atoms with Crippen molar-refractivity contribution in [3.05, 3.63) is 124 Å². The zero-order chi connectivity index (χ0) is 24.1. The van der Waals surface area contributed by atoms with Gasteiger partial charge in [-0.25, -0.2) is 18.5 Å². The minimum atomic E-state index is -1.35. The molecular formula is C29H24F2N4. The van der Waals surface area contributed by atoms with Crippen LogP contribution < -0.4 is 5.32 Å². The van der Waals surface area contributed by atoms with E-state index in [1.807, 2.05) is 66.7 Å². The van der Waals surface area contributed by atoms with Gasteiger partial charge in [0.1, 0.15) is 11.5 Å². The first-order valence-electron chi connectivity index (χ1n) is 11.7. The van der Waals surface area contributed by atoms with E-state index in [1.165, 1.54) is 0 Å². The molecule has 4 aromatic rings. The Bertz CT molecular complexity index is 1420. The zero-order valence-electron chi connectivity index (χ0n) is 19.5. The maximum absolute atomic E-state index is 15.5. The number of aryl methyl sites for hydroxylation is 2. The maximum Gasteiger partial charge on any atom is 0.183 e. The number of rotatable bonds is 4. The molecule has 2 atom stereocenters. The first-order chi connectivity index (χ1) is 17.0. The van der Waals surface area contributed by atoms with Crippen molar-refractivity contribution in [1.82, 2.24) is 15.1 Å². The lowest BCUT2D eigenvalue weighted by atomic mass is 9.99. The molecule has 0 unspecified atom stereocenters. The molecule has 0 amide bonds. The fraction of sp³-hybridized carbons (Fsp3) is 0.172. The average molecular weight is 467 g/mol. The molecule has 6 heteroatoms. The Balaban J connectivity index is 1.65. The molecule has 4 nitrogen and oxygen atoms in total. The molecule has 0 saturated heterocycles. The molecule has 3 aromatic carbocycles. The van der Waals surface area contributed by atoms with Crippen LogP contribution in [0.5, 0.6) is 0 Å². The van der Waals surface area contributed by atoms with Gasteiger partial charge < -0.3 is 5.32 Å². The number of hydrogen-bond donors (Lipinski definition) is 1. The van der Waals surface area contributed by atoms with Crippen LogP contribution in [0.25, 0.3) is 5.69 Å². The van der Waals surface area contributed by atoms with Crippen LogP contribution in [0, 0.1) is 19.7 Å². The highest BCUT2D eigenvalue weighted by Gasteiger charge is 2.40. The van der Waals surface area contributed by atoms with Gasteiger partial charge >= 0.3 is 0 Å². The molecule has 0 fully saturated rings. The van der Waals surface area contributed by atoms with Crippen molar-refractivity contribution in [3.63, 3.8) is 0 Å². The Kier molecular flexibility index (Phi) is 5.10. The second kappa shape index (κ2) is 8.31. The van der Waals surface area contributed by atoms with Crippen LogP contribution in [0.4, 0.5) is 14.6 Å². The third-order valence-corrected chi connectivity index (χ3v) is 6.68. The molecule has 0 saturated carbocycles. The van der Waals surface area contributed by atoms with Crippen LogP contribution in [0.15, 0.2) is 89.6 Å². The minimum Gasteiger partial charge on any atom is -0.379 e. The van der Waals surface area contributed by atoms with Crippen molar-refractivity contribution in [2.75, 3.05) is 0 Å². The van der Waals surface area contributed by atoms with E-state index in [4.69, 9.17) is 10.1 Å². The van der Waals surface area contributed by atoms with Crippen molar-refractivity contribution in [2.45, 2.75) is 32.5 Å². The van der Waals surface area contributed by atoms with Crippen LogP contribution in [-0.2, 0) is 0 Å². The van der Waals surface area contributed by atoms with Crippen LogP contribution in [0.2, 0.25) is 0 Å². The Morgan fingerprint density at radius 1 is 0.971 bits per heavy atom. The van der Waals surface area contributed by atoms with Crippen molar-refractivity contribution in [2.24, 2.45) is 4.99 Å². The summed E-state index contributed by atoms with van der Waals surface area (Å²) in [6.45, 7) is 3.45. The molecule has 35 heavy (non-hydrogen) atoms. The van der Waals surface area contributed by atoms with Crippen molar-refractivity contribution in [3.8, 4) is 5.69 Å². The molecule has 6 rings (SSSR count). The molecule has 2 aliphatic heterocycles. The summed E-state index contributed by atoms with van der Waals surface area (Å²) in [6.07, 6.45) is 1.22. The Hall–Kier alpha value is -4.06. The number of nitrogens with zero attached hydrogens (tertiary/aromatic N) is 3. The normalized spacial score (nSPS) is 18.0. The molecule has 0 spiro atoms. The second-order valence-corrected chi connectivity index (χ2v) is 9.07. The van der Waals surface area contributed by atoms with Crippen LogP contribution in [0.3, 0.4) is 0 Å². The van der Waals surface area contributed by atoms with E-state index in [-0.39, 0.29) is 11.9 Å². The number of aliphatic imine (C=N–C) groups is 1. The summed E-state index contributed by atoms with van der Waals surface area (Å²) < 4.78 is 31.6. The second-order valence-electron chi connectivity index (χ2n) is 9.07. The maximum atomic E-state index is 15.5. The van der Waals surface area contributed by atoms with E-state index in [2.05, 4.69) is 5.32 Å². The smallest absolute Gasteiger partial charge is 0.183 e. The van der Waals surface area contributed by atoms with Crippen LogP contribution in [-0.4, -0.2) is 15.5 Å². The summed E-state index contributed by atoms with van der Waals surface area (Å²) in [5.74, 6) is 0.307. The summed E-state index contributed by atoms with van der Waals surface area (Å²) in [5, 5.41) is 8.02. The molecule has 2 bridgehead atoms. The molecule has 1 aromatic heterocycles. The first kappa shape index (κ1) is 21.5. The summed E-state index contributed by atoms with van der Waals surface area (Å²) in [6, 6.07) is 23.2. The van der Waals surface area contributed by atoms with Crippen LogP contribution >= 0.6 is 0 Å². The van der Waals surface area contributed by atoms with E-state index in [0.29, 0.717) is 40.4 Å². The standard InChI is InChI=1S/C29H24F2N4/c1-17-15-21(16-18(2)25(17)30)35-29(24-22-13-14-23(32-22)26(31)28(24)34-35)33-27(19-9-5-3-6-10-19)20-11-7-4-8-12-20/h3-12,14-16,22,26,32H,13H2,1-2H3/t22-,26+/m1/s1. The third-order valence-electron chi connectivity index (χ3n) is 6.68. The van der Waals surface area contributed by atoms with Crippen molar-refractivity contribution < 1.29 is 8.78 Å². The van der Waals surface area contributed by atoms with Gasteiger partial charge in [-0.1, -0.05) is 66.7 Å². The molecule has 0 aliphatic carbocycles. The largest absolute Gasteiger partial charge is 0.379 e. The van der Waals surface area contributed by atoms with Gasteiger partial charge in [0.25, 0.3) is 0 Å². The average Bonchev–Trinajstić information content (AvgIpc) is 3.49. The highest BCUT2D eigenvalue weighted by molar-refractivity contribution is 6.14. The Labute approximate surface area is 202 Å². The quantitative estimate of drug-likeness (QED) is 0.339. The number of allylic oxidation sites excluding steroid dienone is 1. The topological polar surface area (TPSA) is 42.2 Å². The lowest BCUT2D eigenvalue weighted by molar-refractivity contribution is 0.347. The summed E-state index contributed by atoms with van der Waals surface area (Å²) in [4.78, 5) is 5.18. The van der Waals surface area contributed by atoms with Gasteiger partial charge in [-0.2, -0.15) is 5.10 Å². The van der Waals surface area contributed by atoms with E-state index in [1.54, 1.807) is 30.7 Å². The first-order valence-corrected chi connectivity index (χ1v) is 11.7. The van der Waals surface area contributed by atoms with E-state index in [0.717, 1.165) is 22.4 Å². The minimum absolute atomic E-state index is 0.102. The van der Waals surface area contributed by atoms with Crippen LogP contribution in [0.1, 0.15) is 52.1 Å². The molecular weight excluding hydrogens is 442 g/mol. The lowest BCUT2D eigenvalue weighted by Crippen LogP contribution is -2.24. The van der Waals surface area contributed by atoms with Crippen molar-refractivity contribution in [1.29, 1.82) is 0 Å². The number of fused-ring (bicyclic) bond motifs is 4. The van der Waals surface area contributed by atoms with Gasteiger partial charge in [0, 0.05) is 22.4 Å². The number of nitrogens with one attached hydrogen (secondary N) is 1. The van der Waals surface area contributed by atoms with E-state index in [9.17, 15) is 4.39 Å². The molecule has 3 heterocycles. The van der Waals surface area contributed by atoms with E-state index < -0.39 is 6.17 Å². The van der Waals surface area contributed by atoms with Gasteiger partial charge in [0.05, 0.1) is 17.4 Å². The molecule has 1 N–H and O–H groups in total. The highest BCUT2D eigenvalue weighted by atomic mass is 19.1. The predicted octanol–water partition coefficient (Wildman–Crippen LogP) is 6.74. The predicted molar refractivity (Wildman–Crippen MR) is 134 cm³/mol. The van der Waals surface area contributed by atoms with Gasteiger partial charge in [-0.05, 0) is 43.5 Å². The molecule has 0 radical (unpaired) electrons. The summed E-state index contributed by atoms with van der Waals surface area (Å²) >= 11 is 0.